The summed E-state index contributed by atoms with van der Waals surface area (Å²) >= 11 is 0. The van der Waals surface area contributed by atoms with Crippen molar-refractivity contribution in [2.75, 3.05) is 6.61 Å². The summed E-state index contributed by atoms with van der Waals surface area (Å²) in [5.41, 5.74) is 7.91. The van der Waals surface area contributed by atoms with E-state index in [0.717, 1.165) is 117 Å². The molecule has 9 unspecified atom stereocenters. The summed E-state index contributed by atoms with van der Waals surface area (Å²) < 4.78 is 117. The summed E-state index contributed by atoms with van der Waals surface area (Å²) in [6.07, 6.45) is 20.4. The molecular formula is C69H73F8N9O7. The van der Waals surface area contributed by atoms with E-state index in [9.17, 15) is 59.1 Å². The first-order chi connectivity index (χ1) is 44.8. The van der Waals surface area contributed by atoms with Crippen molar-refractivity contribution in [1.29, 1.82) is 0 Å². The fraction of sp³-hybridized carbons (Fsp3) is 0.522. The van der Waals surface area contributed by atoms with E-state index in [-0.39, 0.29) is 79.6 Å². The number of aromatic nitrogens is 9. The Morgan fingerprint density at radius 3 is 1.69 bits per heavy atom. The minimum absolute atomic E-state index is 0.0346. The van der Waals surface area contributed by atoms with Crippen molar-refractivity contribution < 1.29 is 68.9 Å². The number of fused-ring (bicyclic) bond motifs is 11. The lowest BCUT2D eigenvalue weighted by molar-refractivity contribution is -0.144. The van der Waals surface area contributed by atoms with Crippen molar-refractivity contribution in [2.24, 2.45) is 29.6 Å². The number of halogens is 8. The van der Waals surface area contributed by atoms with Crippen LogP contribution in [0.3, 0.4) is 0 Å². The first kappa shape index (κ1) is 65.0. The number of ether oxygens (including phenoxy) is 1. The molecule has 0 saturated heterocycles. The van der Waals surface area contributed by atoms with Gasteiger partial charge in [0.1, 0.15) is 53.9 Å². The SMILES string of the molecule is CCOC(=O)Cn1nc(C(F)F)c2c1C1CC1CC2.O=C(CC(Cc1cc(F)cc(F)c1)c1ncncc1-c1cnc2c(c1)C=CC2)Cn1nc(C(F)F)c2c1C1CC1CC2.O=C(O)Cn1nc(C(F)F)c2c1C1CC1CC2.O=C1C=CCCC1.O=C1CCCC2CC12. The molecule has 5 saturated carbocycles. The normalized spacial score (nSPS) is 23.4. The Labute approximate surface area is 531 Å². The highest BCUT2D eigenvalue weighted by molar-refractivity contribution is 5.90. The van der Waals surface area contributed by atoms with E-state index in [4.69, 9.17) is 9.84 Å². The van der Waals surface area contributed by atoms with Gasteiger partial charge >= 0.3 is 11.9 Å². The molecule has 16 rings (SSSR count). The van der Waals surface area contributed by atoms with Gasteiger partial charge in [0.15, 0.2) is 11.6 Å². The van der Waals surface area contributed by atoms with Crippen molar-refractivity contribution in [3.63, 3.8) is 0 Å². The van der Waals surface area contributed by atoms with Gasteiger partial charge in [-0.3, -0.25) is 43.0 Å². The average molecular weight is 1290 g/mol. The molecule has 0 bridgehead atoms. The number of allylic oxidation sites excluding steroid dienone is 3. The number of benzene rings is 1. The highest BCUT2D eigenvalue weighted by Gasteiger charge is 2.50. The summed E-state index contributed by atoms with van der Waals surface area (Å²) in [5, 5.41) is 20.7. The topological polar surface area (TPSA) is 207 Å². The van der Waals surface area contributed by atoms with Gasteiger partial charge in [0, 0.05) is 119 Å². The van der Waals surface area contributed by atoms with Crippen LogP contribution in [0.2, 0.25) is 0 Å². The second kappa shape index (κ2) is 27.9. The van der Waals surface area contributed by atoms with Gasteiger partial charge < -0.3 is 9.84 Å². The van der Waals surface area contributed by atoms with Crippen LogP contribution in [-0.2, 0) is 80.4 Å². The predicted octanol–water partition coefficient (Wildman–Crippen LogP) is 13.6. The Balaban J connectivity index is 0.000000133. The highest BCUT2D eigenvalue weighted by Crippen LogP contribution is 2.58. The zero-order valence-electron chi connectivity index (χ0n) is 51.5. The number of rotatable bonds is 16. The monoisotopic (exact) mass is 1290 g/mol. The van der Waals surface area contributed by atoms with Crippen LogP contribution in [0.4, 0.5) is 35.1 Å². The molecule has 16 nitrogen and oxygen atoms in total. The maximum atomic E-state index is 14.2. The van der Waals surface area contributed by atoms with Crippen molar-refractivity contribution in [3.05, 3.63) is 146 Å². The largest absolute Gasteiger partial charge is 0.480 e. The molecule has 9 atom stereocenters. The second-order valence-corrected chi connectivity index (χ2v) is 26.1. The Bertz CT molecular complexity index is 3880. The maximum absolute atomic E-state index is 14.2. The molecule has 0 spiro atoms. The van der Waals surface area contributed by atoms with Gasteiger partial charge in [-0.1, -0.05) is 18.2 Å². The standard InChI is InChI=1S/C32H27F4N5O.C13H16F2N2O2.C11H12F2N2O2.C7H10O.C6H8O/c33-22-7-17(8-23(34)12-22)6-20(29-27(14-37-16-39-29)21-9-19-2-1-3-28(19)38-13-21)10-24(42)15-41-31-25(30(40-41)32(35)36)5-4-18-11-26(18)31;1-2-19-10(18)6-17-12-8(11(16-17)13(14)15)4-3-7-5-9(7)12;12-11(13)9-6-2-1-5-3-7(5)10(6)15(14-9)4-8(16)17;8-7-3-1-2-5-4-6(5)7;7-6-4-2-1-3-5-6/h1-2,7-9,12-14,16,18,20,26,32H,3-6,10-11,15H2;7,9,13H,2-6H2,1H3;5,7,11H,1-4H2,(H,16,17);5-6H,1-4H2;2,4H,1,3,5H2. The van der Waals surface area contributed by atoms with Crippen LogP contribution in [0.15, 0.2) is 61.2 Å². The molecule has 24 heteroatoms. The summed E-state index contributed by atoms with van der Waals surface area (Å²) in [6.45, 7) is 1.47. The quantitative estimate of drug-likeness (QED) is 0.0708. The van der Waals surface area contributed by atoms with E-state index in [1.807, 2.05) is 24.3 Å². The molecule has 0 radical (unpaired) electrons. The van der Waals surface area contributed by atoms with E-state index in [2.05, 4.69) is 30.2 Å². The summed E-state index contributed by atoms with van der Waals surface area (Å²) in [4.78, 5) is 70.4. The lowest BCUT2D eigenvalue weighted by Gasteiger charge is -2.20. The van der Waals surface area contributed by atoms with Crippen LogP contribution >= 0.6 is 0 Å². The second-order valence-electron chi connectivity index (χ2n) is 26.1. The first-order valence-corrected chi connectivity index (χ1v) is 32.4. The summed E-state index contributed by atoms with van der Waals surface area (Å²) in [6, 6.07) is 5.28. The van der Waals surface area contributed by atoms with Crippen LogP contribution in [-0.4, -0.2) is 85.3 Å². The molecule has 6 aromatic rings. The van der Waals surface area contributed by atoms with E-state index in [0.29, 0.717) is 88.1 Å². The maximum Gasteiger partial charge on any atom is 0.327 e. The lowest BCUT2D eigenvalue weighted by atomic mass is 9.87. The van der Waals surface area contributed by atoms with Crippen LogP contribution in [0.5, 0.6) is 0 Å². The Kier molecular flexibility index (Phi) is 19.5. The van der Waals surface area contributed by atoms with Gasteiger partial charge in [-0.25, -0.2) is 45.1 Å². The average Bonchev–Trinajstić information content (AvgIpc) is 1.60. The van der Waals surface area contributed by atoms with Gasteiger partial charge in [-0.05, 0) is 162 Å². The molecule has 0 aliphatic heterocycles. The van der Waals surface area contributed by atoms with E-state index in [1.54, 1.807) is 25.4 Å². The first-order valence-electron chi connectivity index (χ1n) is 32.4. The third-order valence-electron chi connectivity index (χ3n) is 19.7. The number of pyridine rings is 1. The molecule has 1 aromatic carbocycles. The number of alkyl halides is 6. The smallest absolute Gasteiger partial charge is 0.327 e. The fourth-order valence-corrected chi connectivity index (χ4v) is 15.0. The van der Waals surface area contributed by atoms with Crippen LogP contribution in [0.25, 0.3) is 17.2 Å². The Morgan fingerprint density at radius 2 is 1.18 bits per heavy atom. The third kappa shape index (κ3) is 15.0. The van der Waals surface area contributed by atoms with Gasteiger partial charge in [0.25, 0.3) is 19.3 Å². The van der Waals surface area contributed by atoms with Gasteiger partial charge in [-0.15, -0.1) is 0 Å². The number of Topliss-reactive ketones (excluding diaryl/α,β-unsaturated/α-hetero) is 2. The van der Waals surface area contributed by atoms with Gasteiger partial charge in [0.2, 0.25) is 0 Å². The number of carbonyl (C=O) groups is 5. The molecule has 5 heterocycles. The summed E-state index contributed by atoms with van der Waals surface area (Å²) in [5.74, 6) is 0.849. The predicted molar refractivity (Wildman–Crippen MR) is 322 cm³/mol. The van der Waals surface area contributed by atoms with Crippen LogP contribution in [0, 0.1) is 41.2 Å². The molecular weight excluding hydrogens is 1220 g/mol. The van der Waals surface area contributed by atoms with Crippen molar-refractivity contribution in [3.8, 4) is 11.1 Å². The number of hydrogen-bond acceptors (Lipinski definition) is 12. The van der Waals surface area contributed by atoms with E-state index < -0.39 is 48.8 Å². The number of hydrogen-bond donors (Lipinski definition) is 1. The molecule has 10 aliphatic rings. The molecule has 0 amide bonds. The number of carboxylic acids is 1. The number of nitrogens with zero attached hydrogens (tertiary/aromatic N) is 9. The van der Waals surface area contributed by atoms with Crippen molar-refractivity contribution in [2.45, 2.75) is 192 Å². The van der Waals surface area contributed by atoms with Crippen molar-refractivity contribution >= 4 is 35.4 Å². The van der Waals surface area contributed by atoms with Crippen LogP contribution < -0.4 is 0 Å². The molecule has 1 N–H and O–H groups in total. The van der Waals surface area contributed by atoms with Crippen molar-refractivity contribution in [1.82, 2.24) is 44.3 Å². The fourth-order valence-electron chi connectivity index (χ4n) is 15.0. The highest BCUT2D eigenvalue weighted by atomic mass is 19.3. The summed E-state index contributed by atoms with van der Waals surface area (Å²) in [7, 11) is 0. The zero-order chi connectivity index (χ0) is 65.4. The number of carbonyl (C=O) groups excluding carboxylic acids is 4. The molecule has 93 heavy (non-hydrogen) atoms. The number of ketones is 3. The third-order valence-corrected chi connectivity index (χ3v) is 19.7. The molecule has 10 aliphatic carbocycles. The minimum Gasteiger partial charge on any atom is -0.480 e. The molecule has 492 valence electrons. The zero-order valence-corrected chi connectivity index (χ0v) is 51.5. The molecule has 5 fully saturated rings. The van der Waals surface area contributed by atoms with Gasteiger partial charge in [0.05, 0.1) is 24.5 Å². The Morgan fingerprint density at radius 1 is 0.624 bits per heavy atom. The van der Waals surface area contributed by atoms with Gasteiger partial charge in [-0.2, -0.15) is 15.3 Å². The van der Waals surface area contributed by atoms with Crippen LogP contribution in [0.1, 0.15) is 213 Å². The number of esters is 1. The number of aliphatic carboxylic acids is 1. The lowest BCUT2D eigenvalue weighted by Crippen LogP contribution is -2.19. The van der Waals surface area contributed by atoms with E-state index in [1.165, 1.54) is 51.8 Å². The number of carboxylic acid groups (broad SMARTS) is 1. The molecule has 5 aromatic heterocycles. The Hall–Kier alpha value is -8.05. The van der Waals surface area contributed by atoms with E-state index >= 15 is 0 Å². The minimum atomic E-state index is -2.71.